The molecule has 0 saturated carbocycles. The van der Waals surface area contributed by atoms with E-state index in [1.54, 1.807) is 4.90 Å². The highest BCUT2D eigenvalue weighted by Crippen LogP contribution is 2.21. The van der Waals surface area contributed by atoms with Gasteiger partial charge in [0.15, 0.2) is 0 Å². The Morgan fingerprint density at radius 1 is 1.24 bits per heavy atom. The number of nitrogens with zero attached hydrogens (tertiary/aromatic N) is 1. The predicted octanol–water partition coefficient (Wildman–Crippen LogP) is 0.425. The fourth-order valence-electron chi connectivity index (χ4n) is 3.26. The third kappa shape index (κ3) is 2.93. The van der Waals surface area contributed by atoms with E-state index in [1.165, 1.54) is 11.1 Å². The first-order valence-electron chi connectivity index (χ1n) is 7.53. The summed E-state index contributed by atoms with van der Waals surface area (Å²) >= 11 is 0. The van der Waals surface area contributed by atoms with Gasteiger partial charge < -0.3 is 16.0 Å². The first-order chi connectivity index (χ1) is 10.1. The van der Waals surface area contributed by atoms with E-state index in [-0.39, 0.29) is 23.8 Å². The van der Waals surface area contributed by atoms with Gasteiger partial charge in [-0.15, -0.1) is 0 Å². The van der Waals surface area contributed by atoms with Crippen molar-refractivity contribution in [3.05, 3.63) is 35.4 Å². The van der Waals surface area contributed by atoms with Crippen LogP contribution >= 0.6 is 0 Å². The molecule has 0 aromatic heterocycles. The van der Waals surface area contributed by atoms with Crippen LogP contribution in [-0.2, 0) is 22.6 Å². The van der Waals surface area contributed by atoms with Crippen LogP contribution in [0.2, 0.25) is 0 Å². The molecule has 2 amide bonds. The number of carbonyl (C=O) groups excluding carboxylic acids is 2. The van der Waals surface area contributed by atoms with E-state index < -0.39 is 0 Å². The Bertz CT molecular complexity index is 558. The Hall–Kier alpha value is -1.88. The summed E-state index contributed by atoms with van der Waals surface area (Å²) in [6.07, 6.45) is 2.36. The van der Waals surface area contributed by atoms with Crippen LogP contribution in [0.25, 0.3) is 0 Å². The van der Waals surface area contributed by atoms with Crippen molar-refractivity contribution in [3.8, 4) is 0 Å². The first kappa shape index (κ1) is 14.1. The lowest BCUT2D eigenvalue weighted by Gasteiger charge is -2.35. The molecule has 1 aromatic carbocycles. The van der Waals surface area contributed by atoms with E-state index in [0.29, 0.717) is 13.0 Å². The largest absolute Gasteiger partial charge is 0.369 e. The van der Waals surface area contributed by atoms with Gasteiger partial charge in [0, 0.05) is 19.6 Å². The molecule has 3 rings (SSSR count). The number of primary amides is 1. The molecule has 2 aliphatic rings. The van der Waals surface area contributed by atoms with E-state index in [1.807, 2.05) is 12.1 Å². The fourth-order valence-corrected chi connectivity index (χ4v) is 3.26. The molecule has 0 spiro atoms. The van der Waals surface area contributed by atoms with Crippen molar-refractivity contribution >= 4 is 11.8 Å². The molecule has 5 nitrogen and oxygen atoms in total. The average Bonchev–Trinajstić information content (AvgIpc) is 2.53. The topological polar surface area (TPSA) is 75.4 Å². The van der Waals surface area contributed by atoms with Gasteiger partial charge in [-0.3, -0.25) is 9.59 Å². The molecule has 1 saturated heterocycles. The summed E-state index contributed by atoms with van der Waals surface area (Å²) in [5.41, 5.74) is 7.87. The molecule has 0 bridgehead atoms. The maximum Gasteiger partial charge on any atom is 0.240 e. The zero-order valence-corrected chi connectivity index (χ0v) is 12.0. The number of nitrogens with one attached hydrogen (secondary N) is 1. The maximum absolute atomic E-state index is 12.6. The molecule has 112 valence electrons. The fraction of sp³-hybridized carbons (Fsp3) is 0.500. The SMILES string of the molecule is NC(=O)C1CCCN(C(=O)C2Cc3ccccc3CN2)C1. The second-order valence-electron chi connectivity index (χ2n) is 5.93. The van der Waals surface area contributed by atoms with Gasteiger partial charge in [0.25, 0.3) is 0 Å². The lowest BCUT2D eigenvalue weighted by atomic mass is 9.93. The van der Waals surface area contributed by atoms with Gasteiger partial charge in [-0.1, -0.05) is 24.3 Å². The van der Waals surface area contributed by atoms with Crippen molar-refractivity contribution in [1.29, 1.82) is 0 Å². The van der Waals surface area contributed by atoms with Crippen molar-refractivity contribution in [2.75, 3.05) is 13.1 Å². The third-order valence-corrected chi connectivity index (χ3v) is 4.51. The summed E-state index contributed by atoms with van der Waals surface area (Å²) in [6, 6.07) is 8.01. The van der Waals surface area contributed by atoms with E-state index in [9.17, 15) is 9.59 Å². The van der Waals surface area contributed by atoms with Crippen molar-refractivity contribution < 1.29 is 9.59 Å². The summed E-state index contributed by atoms with van der Waals surface area (Å²) in [4.78, 5) is 25.8. The van der Waals surface area contributed by atoms with Crippen LogP contribution in [0.4, 0.5) is 0 Å². The smallest absolute Gasteiger partial charge is 0.240 e. The molecule has 3 N–H and O–H groups in total. The lowest BCUT2D eigenvalue weighted by molar-refractivity contribution is -0.137. The normalized spacial score (nSPS) is 25.2. The molecule has 2 heterocycles. The molecule has 5 heteroatoms. The van der Waals surface area contributed by atoms with Crippen LogP contribution in [0.1, 0.15) is 24.0 Å². The second kappa shape index (κ2) is 5.85. The number of hydrogen-bond donors (Lipinski definition) is 2. The van der Waals surface area contributed by atoms with Crippen LogP contribution in [0, 0.1) is 5.92 Å². The number of piperidine rings is 1. The number of likely N-dealkylation sites (tertiary alicyclic amines) is 1. The van der Waals surface area contributed by atoms with Gasteiger partial charge in [0.2, 0.25) is 11.8 Å². The second-order valence-corrected chi connectivity index (χ2v) is 5.93. The van der Waals surface area contributed by atoms with E-state index in [2.05, 4.69) is 17.4 Å². The minimum atomic E-state index is -0.297. The molecule has 0 aliphatic carbocycles. The highest BCUT2D eigenvalue weighted by atomic mass is 16.2. The zero-order valence-electron chi connectivity index (χ0n) is 12.0. The Morgan fingerprint density at radius 3 is 2.76 bits per heavy atom. The molecule has 1 fully saturated rings. The lowest BCUT2D eigenvalue weighted by Crippen LogP contribution is -2.53. The minimum absolute atomic E-state index is 0.0930. The monoisotopic (exact) mass is 287 g/mol. The van der Waals surface area contributed by atoms with Crippen molar-refractivity contribution in [2.24, 2.45) is 11.7 Å². The van der Waals surface area contributed by atoms with Crippen molar-refractivity contribution in [2.45, 2.75) is 31.8 Å². The van der Waals surface area contributed by atoms with E-state index in [4.69, 9.17) is 5.73 Å². The number of fused-ring (bicyclic) bond motifs is 1. The van der Waals surface area contributed by atoms with E-state index >= 15 is 0 Å². The summed E-state index contributed by atoms with van der Waals surface area (Å²) in [6.45, 7) is 1.91. The molecule has 0 radical (unpaired) electrons. The molecular weight excluding hydrogens is 266 g/mol. The standard InChI is InChI=1S/C16H21N3O2/c17-15(20)13-6-3-7-19(10-13)16(21)14-8-11-4-1-2-5-12(11)9-18-14/h1-2,4-5,13-14,18H,3,6-10H2,(H2,17,20). The van der Waals surface area contributed by atoms with Gasteiger partial charge in [-0.25, -0.2) is 0 Å². The number of nitrogens with two attached hydrogens (primary N) is 1. The first-order valence-corrected chi connectivity index (χ1v) is 7.53. The van der Waals surface area contributed by atoms with Gasteiger partial charge in [0.05, 0.1) is 12.0 Å². The van der Waals surface area contributed by atoms with Crippen molar-refractivity contribution in [1.82, 2.24) is 10.2 Å². The summed E-state index contributed by atoms with van der Waals surface area (Å²) in [5, 5.41) is 3.31. The summed E-state index contributed by atoms with van der Waals surface area (Å²) in [5.74, 6) is -0.400. The molecule has 21 heavy (non-hydrogen) atoms. The quantitative estimate of drug-likeness (QED) is 0.828. The van der Waals surface area contributed by atoms with Gasteiger partial charge in [0.1, 0.15) is 0 Å². The van der Waals surface area contributed by atoms with Crippen LogP contribution in [0.15, 0.2) is 24.3 Å². The van der Waals surface area contributed by atoms with Crippen LogP contribution in [0.3, 0.4) is 0 Å². The van der Waals surface area contributed by atoms with Crippen molar-refractivity contribution in [3.63, 3.8) is 0 Å². The summed E-state index contributed by atoms with van der Waals surface area (Å²) in [7, 11) is 0. The molecule has 2 unspecified atom stereocenters. The number of rotatable bonds is 2. The van der Waals surface area contributed by atoms with Gasteiger partial charge in [-0.2, -0.15) is 0 Å². The Balaban J connectivity index is 1.67. The number of carbonyl (C=O) groups is 2. The zero-order chi connectivity index (χ0) is 14.8. The number of amides is 2. The minimum Gasteiger partial charge on any atom is -0.369 e. The molecular formula is C16H21N3O2. The molecule has 2 aliphatic heterocycles. The number of hydrogen-bond acceptors (Lipinski definition) is 3. The molecule has 1 aromatic rings. The predicted molar refractivity (Wildman–Crippen MR) is 79.3 cm³/mol. The van der Waals surface area contributed by atoms with Gasteiger partial charge >= 0.3 is 0 Å². The summed E-state index contributed by atoms with van der Waals surface area (Å²) < 4.78 is 0. The highest BCUT2D eigenvalue weighted by Gasteiger charge is 2.32. The Kier molecular flexibility index (Phi) is 3.92. The third-order valence-electron chi connectivity index (χ3n) is 4.51. The molecule has 2 atom stereocenters. The Labute approximate surface area is 124 Å². The van der Waals surface area contributed by atoms with Crippen LogP contribution < -0.4 is 11.1 Å². The van der Waals surface area contributed by atoms with Crippen LogP contribution in [-0.4, -0.2) is 35.8 Å². The van der Waals surface area contributed by atoms with Crippen LogP contribution in [0.5, 0.6) is 0 Å². The average molecular weight is 287 g/mol. The maximum atomic E-state index is 12.6. The van der Waals surface area contributed by atoms with Gasteiger partial charge in [-0.05, 0) is 30.4 Å². The highest BCUT2D eigenvalue weighted by molar-refractivity contribution is 5.84. The van der Waals surface area contributed by atoms with E-state index in [0.717, 1.165) is 25.9 Å². The Morgan fingerprint density at radius 2 is 2.00 bits per heavy atom. The number of benzene rings is 1.